The lowest BCUT2D eigenvalue weighted by molar-refractivity contribution is -0.131. The van der Waals surface area contributed by atoms with Crippen molar-refractivity contribution in [1.82, 2.24) is 15.5 Å². The average Bonchev–Trinajstić information content (AvgIpc) is 3.19. The van der Waals surface area contributed by atoms with Gasteiger partial charge in [0.15, 0.2) is 5.96 Å². The van der Waals surface area contributed by atoms with Gasteiger partial charge in [0.05, 0.1) is 6.54 Å². The number of guanidine groups is 1. The summed E-state index contributed by atoms with van der Waals surface area (Å²) in [6, 6.07) is 15.5. The van der Waals surface area contributed by atoms with Gasteiger partial charge >= 0.3 is 0 Å². The van der Waals surface area contributed by atoms with Crippen LogP contribution in [0.2, 0.25) is 5.02 Å². The standard InChI is InChI=1S/C23H29ClN4O2/c1-17(30-21-11-9-20(24)10-12-21)14-27-23(25-2)26-13-5-8-22(29)28-15-18-6-3-4-7-19(18)16-28/h3-4,6-7,9-12,17H,5,8,13-16H2,1-2H3,(H2,25,26,27). The molecular formula is C23H29ClN4O2. The summed E-state index contributed by atoms with van der Waals surface area (Å²) in [5, 5.41) is 7.19. The Morgan fingerprint density at radius 1 is 1.13 bits per heavy atom. The molecule has 0 fully saturated rings. The minimum absolute atomic E-state index is 0.0388. The molecule has 0 saturated carbocycles. The number of carbonyl (C=O) groups is 1. The summed E-state index contributed by atoms with van der Waals surface area (Å²) < 4.78 is 5.85. The molecule has 0 saturated heterocycles. The lowest BCUT2D eigenvalue weighted by Gasteiger charge is -2.18. The predicted octanol–water partition coefficient (Wildman–Crippen LogP) is 3.59. The number of nitrogens with zero attached hydrogens (tertiary/aromatic N) is 2. The Hall–Kier alpha value is -2.73. The molecule has 1 aliphatic rings. The summed E-state index contributed by atoms with van der Waals surface area (Å²) in [4.78, 5) is 18.6. The van der Waals surface area contributed by atoms with Crippen molar-refractivity contribution in [1.29, 1.82) is 0 Å². The fourth-order valence-electron chi connectivity index (χ4n) is 3.36. The fourth-order valence-corrected chi connectivity index (χ4v) is 3.49. The van der Waals surface area contributed by atoms with E-state index in [1.54, 1.807) is 19.2 Å². The van der Waals surface area contributed by atoms with Crippen molar-refractivity contribution in [2.24, 2.45) is 4.99 Å². The van der Waals surface area contributed by atoms with Crippen LogP contribution in [0.4, 0.5) is 0 Å². The number of amides is 1. The van der Waals surface area contributed by atoms with Crippen molar-refractivity contribution >= 4 is 23.5 Å². The Labute approximate surface area is 183 Å². The van der Waals surface area contributed by atoms with Crippen LogP contribution in [0.5, 0.6) is 5.75 Å². The summed E-state index contributed by atoms with van der Waals surface area (Å²) in [7, 11) is 1.73. The Kier molecular flexibility index (Phi) is 7.97. The molecule has 0 spiro atoms. The van der Waals surface area contributed by atoms with Crippen molar-refractivity contribution in [3.63, 3.8) is 0 Å². The van der Waals surface area contributed by atoms with Crippen molar-refractivity contribution in [2.75, 3.05) is 20.1 Å². The van der Waals surface area contributed by atoms with Crippen LogP contribution < -0.4 is 15.4 Å². The van der Waals surface area contributed by atoms with Crippen LogP contribution in [0.15, 0.2) is 53.5 Å². The minimum Gasteiger partial charge on any atom is -0.489 e. The highest BCUT2D eigenvalue weighted by Crippen LogP contribution is 2.22. The van der Waals surface area contributed by atoms with E-state index in [9.17, 15) is 4.79 Å². The summed E-state index contributed by atoms with van der Waals surface area (Å²) >= 11 is 5.89. The Morgan fingerprint density at radius 3 is 2.43 bits per heavy atom. The minimum atomic E-state index is -0.0388. The predicted molar refractivity (Wildman–Crippen MR) is 121 cm³/mol. The van der Waals surface area contributed by atoms with Crippen LogP contribution in [-0.4, -0.2) is 43.0 Å². The molecule has 0 radical (unpaired) electrons. The highest BCUT2D eigenvalue weighted by molar-refractivity contribution is 6.30. The third-order valence-corrected chi connectivity index (χ3v) is 5.24. The number of hydrogen-bond acceptors (Lipinski definition) is 3. The quantitative estimate of drug-likeness (QED) is 0.383. The molecule has 6 nitrogen and oxygen atoms in total. The number of carbonyl (C=O) groups excluding carboxylic acids is 1. The smallest absolute Gasteiger partial charge is 0.223 e. The van der Waals surface area contributed by atoms with E-state index in [2.05, 4.69) is 27.8 Å². The van der Waals surface area contributed by atoms with Crippen molar-refractivity contribution in [2.45, 2.75) is 39.0 Å². The second-order valence-corrected chi connectivity index (χ2v) is 7.82. The number of fused-ring (bicyclic) bond motifs is 1. The number of hydrogen-bond donors (Lipinski definition) is 2. The number of rotatable bonds is 8. The normalized spacial score (nSPS) is 14.2. The second kappa shape index (κ2) is 10.9. The van der Waals surface area contributed by atoms with Gasteiger partial charge in [0.25, 0.3) is 0 Å². The first kappa shape index (κ1) is 22.0. The zero-order chi connectivity index (χ0) is 21.3. The largest absolute Gasteiger partial charge is 0.489 e. The molecule has 1 amide bonds. The summed E-state index contributed by atoms with van der Waals surface area (Å²) in [5.41, 5.74) is 2.51. The Bertz CT molecular complexity index is 845. The zero-order valence-corrected chi connectivity index (χ0v) is 18.3. The van der Waals surface area contributed by atoms with Gasteiger partial charge < -0.3 is 20.3 Å². The molecule has 1 atom stereocenters. The van der Waals surface area contributed by atoms with Gasteiger partial charge in [-0.05, 0) is 48.7 Å². The maximum absolute atomic E-state index is 12.5. The summed E-state index contributed by atoms with van der Waals surface area (Å²) in [5.74, 6) is 1.67. The van der Waals surface area contributed by atoms with E-state index in [1.807, 2.05) is 36.1 Å². The van der Waals surface area contributed by atoms with Crippen molar-refractivity contribution in [3.05, 3.63) is 64.7 Å². The van der Waals surface area contributed by atoms with Crippen molar-refractivity contribution < 1.29 is 9.53 Å². The molecule has 1 unspecified atom stereocenters. The molecular weight excluding hydrogens is 400 g/mol. The molecule has 30 heavy (non-hydrogen) atoms. The number of nitrogens with one attached hydrogen (secondary N) is 2. The third-order valence-electron chi connectivity index (χ3n) is 4.98. The van der Waals surface area contributed by atoms with Gasteiger partial charge in [-0.1, -0.05) is 35.9 Å². The van der Waals surface area contributed by atoms with Gasteiger partial charge in [0, 0.05) is 38.1 Å². The molecule has 3 rings (SSSR count). The van der Waals surface area contributed by atoms with E-state index in [1.165, 1.54) is 11.1 Å². The van der Waals surface area contributed by atoms with Gasteiger partial charge in [-0.2, -0.15) is 0 Å². The topological polar surface area (TPSA) is 66.0 Å². The van der Waals surface area contributed by atoms with Gasteiger partial charge in [0.2, 0.25) is 5.91 Å². The molecule has 0 aromatic heterocycles. The molecule has 7 heteroatoms. The summed E-state index contributed by atoms with van der Waals surface area (Å²) in [6.45, 7) is 4.71. The molecule has 1 aliphatic heterocycles. The van der Waals surface area contributed by atoms with E-state index in [0.29, 0.717) is 30.5 Å². The first-order valence-corrected chi connectivity index (χ1v) is 10.6. The van der Waals surface area contributed by atoms with E-state index < -0.39 is 0 Å². The number of halogens is 1. The highest BCUT2D eigenvalue weighted by Gasteiger charge is 2.22. The molecule has 2 aromatic rings. The average molecular weight is 429 g/mol. The zero-order valence-electron chi connectivity index (χ0n) is 17.5. The Balaban J connectivity index is 1.32. The molecule has 2 N–H and O–H groups in total. The lowest BCUT2D eigenvalue weighted by atomic mass is 10.1. The number of aliphatic imine (C=N–C) groups is 1. The molecule has 160 valence electrons. The van der Waals surface area contributed by atoms with Crippen LogP contribution in [0.1, 0.15) is 30.9 Å². The van der Waals surface area contributed by atoms with E-state index in [0.717, 1.165) is 25.3 Å². The van der Waals surface area contributed by atoms with E-state index in [-0.39, 0.29) is 12.0 Å². The molecule has 2 aromatic carbocycles. The second-order valence-electron chi connectivity index (χ2n) is 7.38. The molecule has 0 bridgehead atoms. The van der Waals surface area contributed by atoms with Gasteiger partial charge in [-0.15, -0.1) is 0 Å². The van der Waals surface area contributed by atoms with Crippen LogP contribution in [-0.2, 0) is 17.9 Å². The maximum atomic E-state index is 12.5. The van der Waals surface area contributed by atoms with Crippen LogP contribution >= 0.6 is 11.6 Å². The van der Waals surface area contributed by atoms with Crippen molar-refractivity contribution in [3.8, 4) is 5.75 Å². The maximum Gasteiger partial charge on any atom is 0.223 e. The van der Waals surface area contributed by atoms with Gasteiger partial charge in [-0.3, -0.25) is 9.79 Å². The van der Waals surface area contributed by atoms with Crippen LogP contribution in [0.25, 0.3) is 0 Å². The molecule has 1 heterocycles. The molecule has 0 aliphatic carbocycles. The summed E-state index contributed by atoms with van der Waals surface area (Å²) in [6.07, 6.45) is 1.24. The van der Waals surface area contributed by atoms with Crippen LogP contribution in [0.3, 0.4) is 0 Å². The first-order chi connectivity index (χ1) is 14.5. The Morgan fingerprint density at radius 2 is 1.80 bits per heavy atom. The SMILES string of the molecule is CN=C(NCCCC(=O)N1Cc2ccccc2C1)NCC(C)Oc1ccc(Cl)cc1. The van der Waals surface area contributed by atoms with E-state index in [4.69, 9.17) is 16.3 Å². The van der Waals surface area contributed by atoms with Gasteiger partial charge in [0.1, 0.15) is 11.9 Å². The van der Waals surface area contributed by atoms with Gasteiger partial charge in [-0.25, -0.2) is 0 Å². The van der Waals surface area contributed by atoms with E-state index >= 15 is 0 Å². The fraction of sp³-hybridized carbons (Fsp3) is 0.391. The lowest BCUT2D eigenvalue weighted by Crippen LogP contribution is -2.42. The highest BCUT2D eigenvalue weighted by atomic mass is 35.5. The number of ether oxygens (including phenoxy) is 1. The number of benzene rings is 2. The third kappa shape index (κ3) is 6.39. The van der Waals surface area contributed by atoms with Crippen LogP contribution in [0, 0.1) is 0 Å². The first-order valence-electron chi connectivity index (χ1n) is 10.3. The monoisotopic (exact) mass is 428 g/mol.